The number of fused-ring (bicyclic) bond motifs is 27. The van der Waals surface area contributed by atoms with Crippen LogP contribution in [0.1, 0.15) is 11.1 Å². The van der Waals surface area contributed by atoms with Crippen molar-refractivity contribution >= 4 is 202 Å². The van der Waals surface area contributed by atoms with E-state index in [0.717, 1.165) is 167 Å². The first-order valence-corrected chi connectivity index (χ1v) is 48.0. The van der Waals surface area contributed by atoms with Crippen molar-refractivity contribution in [1.82, 2.24) is 41.1 Å². The number of halogens is 3. The molecule has 21 aromatic carbocycles. The van der Waals surface area contributed by atoms with Crippen LogP contribution in [-0.2, 0) is 6.18 Å². The maximum atomic E-state index is 13.5. The average molecular weight is 1860 g/mol. The predicted molar refractivity (Wildman–Crippen MR) is 585 cm³/mol. The Morgan fingerprint density at radius 1 is 0.201 bits per heavy atom. The monoisotopic (exact) mass is 1860 g/mol. The Morgan fingerprint density at radius 2 is 0.410 bits per heavy atom. The molecule has 30 aromatic rings. The van der Waals surface area contributed by atoms with Crippen LogP contribution >= 0.6 is 0 Å². The molecule has 0 N–H and O–H groups in total. The van der Waals surface area contributed by atoms with Crippen molar-refractivity contribution in [1.29, 1.82) is 5.26 Å². The van der Waals surface area contributed by atoms with Gasteiger partial charge in [0.1, 0.15) is 0 Å². The van der Waals surface area contributed by atoms with E-state index in [1.165, 1.54) is 86.7 Å². The highest BCUT2D eigenvalue weighted by atomic mass is 19.4. The maximum Gasteiger partial charge on any atom is 0.416 e. The van der Waals surface area contributed by atoms with Crippen molar-refractivity contribution in [2.24, 2.45) is 0 Å². The highest BCUT2D eigenvalue weighted by Crippen LogP contribution is 2.49. The van der Waals surface area contributed by atoms with E-state index < -0.39 is 11.7 Å². The third-order valence-electron chi connectivity index (χ3n) is 29.2. The molecule has 30 rings (SSSR count). The van der Waals surface area contributed by atoms with Crippen LogP contribution in [-0.4, -0.2) is 46.0 Å². The molecule has 0 aliphatic heterocycles. The van der Waals surface area contributed by atoms with Gasteiger partial charge in [-0.1, -0.05) is 243 Å². The van der Waals surface area contributed by atoms with E-state index in [1.807, 2.05) is 66.7 Å². The van der Waals surface area contributed by atoms with Crippen molar-refractivity contribution in [2.45, 2.75) is 6.18 Å². The van der Waals surface area contributed by atoms with Crippen molar-refractivity contribution in [3.05, 3.63) is 494 Å². The summed E-state index contributed by atoms with van der Waals surface area (Å²) < 4.78 is 61.2. The first-order valence-electron chi connectivity index (χ1n) is 48.0. The first kappa shape index (κ1) is 82.7. The Kier molecular flexibility index (Phi) is 18.6. The summed E-state index contributed by atoms with van der Waals surface area (Å²) in [5.74, 6) is 0. The number of rotatable bonds is 10. The highest BCUT2D eigenvalue weighted by Gasteiger charge is 2.32. The molecule has 0 amide bonds. The van der Waals surface area contributed by atoms with Gasteiger partial charge in [0.05, 0.1) is 138 Å². The van der Waals surface area contributed by atoms with Crippen LogP contribution in [0.25, 0.3) is 247 Å². The Hall–Kier alpha value is -19.5. The topological polar surface area (TPSA) is 111 Å². The van der Waals surface area contributed by atoms with Gasteiger partial charge in [0.15, 0.2) is 0 Å². The van der Waals surface area contributed by atoms with Crippen LogP contribution < -0.4 is 0 Å². The molecule has 9 heterocycles. The van der Waals surface area contributed by atoms with Gasteiger partial charge in [0, 0.05) is 143 Å². The standard InChI is InChI=1S/C43H26F3N3.C43H26N4.C42H26N4O2/c44-43(45,46)27-20-22-28(23-21-27)47-38-17-8-4-13-33(38)42-40(47)18-9-19-41(42)49-37-16-7-3-12-32(37)34-26-29(24-25-39(34)49)48-35-14-5-1-10-30(35)31-11-2-6-15-36(31)48;44-27-28-11-9-12-29(25-28)46-39-20-8-4-16-34(39)43-41(46)21-10-22-42(43)47-38-19-7-3-15-33(38)35-26-30(23-24-40(35)47)45-36-17-5-1-13-31(36)32-14-2-6-18-37(32)45;47-46(48)28-22-20-27(21-23-28)43-38-17-8-4-13-33(38)42-40(43)18-9-19-41(42)45-37-16-7-3-12-32(37)34-26-29(24-25-39(34)45)44-35-14-5-1-10-30(35)31-11-2-6-15-36(31)44/h1-26H;1-26H;1-26H. The van der Waals surface area contributed by atoms with E-state index in [1.54, 1.807) is 24.3 Å². The number of nitro benzene ring substituents is 1. The molecular formula is C128H78F3N11O2. The van der Waals surface area contributed by atoms with Crippen LogP contribution in [0, 0.1) is 21.4 Å². The van der Waals surface area contributed by atoms with Gasteiger partial charge >= 0.3 is 6.18 Å². The highest BCUT2D eigenvalue weighted by molar-refractivity contribution is 6.22. The number of benzene rings is 21. The second kappa shape index (κ2) is 32.3. The Labute approximate surface area is 818 Å². The Balaban J connectivity index is 0.000000105. The zero-order valence-electron chi connectivity index (χ0n) is 76.9. The smallest absolute Gasteiger partial charge is 0.309 e. The van der Waals surface area contributed by atoms with Crippen LogP contribution in [0.15, 0.2) is 473 Å². The van der Waals surface area contributed by atoms with E-state index in [2.05, 4.69) is 417 Å². The largest absolute Gasteiger partial charge is 0.416 e. The van der Waals surface area contributed by atoms with Gasteiger partial charge in [-0.2, -0.15) is 18.4 Å². The van der Waals surface area contributed by atoms with E-state index in [4.69, 9.17) is 0 Å². The quantitative estimate of drug-likeness (QED) is 0.100. The summed E-state index contributed by atoms with van der Waals surface area (Å²) in [4.78, 5) is 11.1. The summed E-state index contributed by atoms with van der Waals surface area (Å²) in [5.41, 5.74) is 29.1. The number of non-ortho nitro benzene ring substituents is 1. The minimum Gasteiger partial charge on any atom is -0.309 e. The molecule has 144 heavy (non-hydrogen) atoms. The number of para-hydroxylation sites is 12. The number of aromatic nitrogens is 9. The SMILES string of the molecule is FC(F)(F)c1ccc(-n2c3ccccc3c3c(-n4c5ccccc5c5cc(-n6c7ccccc7c7ccccc76)ccc54)cccc32)cc1.N#Cc1cccc(-n2c3ccccc3c3c(-n4c5ccccc5c5cc(-n6c7ccccc7c7ccccc76)ccc54)cccc32)c1.O=[N+]([O-])c1ccc(-n2c3ccccc3c3c(-n4c5ccccc5c5cc(-n6c7ccccc7c7ccccc76)ccc54)cccc32)cc1. The van der Waals surface area contributed by atoms with Crippen molar-refractivity contribution in [3.63, 3.8) is 0 Å². The van der Waals surface area contributed by atoms with Crippen molar-refractivity contribution < 1.29 is 18.1 Å². The zero-order valence-corrected chi connectivity index (χ0v) is 76.9. The van der Waals surface area contributed by atoms with E-state index in [-0.39, 0.29) is 10.6 Å². The minimum atomic E-state index is -4.40. The summed E-state index contributed by atoms with van der Waals surface area (Å²) >= 11 is 0. The second-order valence-corrected chi connectivity index (χ2v) is 36.8. The van der Waals surface area contributed by atoms with E-state index >= 15 is 0 Å². The summed E-state index contributed by atoms with van der Waals surface area (Å²) in [7, 11) is 0. The normalized spacial score (nSPS) is 12.0. The molecule has 0 atom stereocenters. The van der Waals surface area contributed by atoms with Gasteiger partial charge in [-0.15, -0.1) is 0 Å². The molecular weight excluding hydrogens is 1780 g/mol. The molecule has 0 aliphatic rings. The lowest BCUT2D eigenvalue weighted by Gasteiger charge is -2.13. The number of hydrogen-bond acceptors (Lipinski definition) is 3. The number of hydrogen-bond donors (Lipinski definition) is 0. The Morgan fingerprint density at radius 3 is 0.688 bits per heavy atom. The average Bonchev–Trinajstić information content (AvgIpc) is 1.56. The molecule has 16 heteroatoms. The summed E-state index contributed by atoms with van der Waals surface area (Å²) in [6.45, 7) is 0. The van der Waals surface area contributed by atoms with Crippen LogP contribution in [0.2, 0.25) is 0 Å². The van der Waals surface area contributed by atoms with Crippen molar-refractivity contribution in [2.75, 3.05) is 0 Å². The lowest BCUT2D eigenvalue weighted by Crippen LogP contribution is -2.05. The van der Waals surface area contributed by atoms with Gasteiger partial charge in [-0.25, -0.2) is 0 Å². The first-order chi connectivity index (χ1) is 70.9. The molecule has 0 fully saturated rings. The number of nitriles is 1. The van der Waals surface area contributed by atoms with Gasteiger partial charge < -0.3 is 41.1 Å². The number of nitro groups is 1. The summed E-state index contributed by atoms with van der Waals surface area (Å²) in [5, 5.41) is 42.3. The van der Waals surface area contributed by atoms with Gasteiger partial charge in [-0.05, 0) is 218 Å². The number of nitrogens with zero attached hydrogens (tertiary/aromatic N) is 11. The van der Waals surface area contributed by atoms with E-state index in [9.17, 15) is 28.5 Å². The number of alkyl halides is 3. The third kappa shape index (κ3) is 12.6. The van der Waals surface area contributed by atoms with Gasteiger partial charge in [0.2, 0.25) is 0 Å². The summed E-state index contributed by atoms with van der Waals surface area (Å²) in [6, 6.07) is 165. The molecule has 0 bridgehead atoms. The van der Waals surface area contributed by atoms with Crippen LogP contribution in [0.5, 0.6) is 0 Å². The molecule has 0 spiro atoms. The van der Waals surface area contributed by atoms with Gasteiger partial charge in [0.25, 0.3) is 5.69 Å². The molecule has 678 valence electrons. The molecule has 0 unspecified atom stereocenters. The second-order valence-electron chi connectivity index (χ2n) is 36.8. The predicted octanol–water partition coefficient (Wildman–Crippen LogP) is 33.7. The van der Waals surface area contributed by atoms with Crippen LogP contribution in [0.4, 0.5) is 18.9 Å². The Bertz CT molecular complexity index is 10500. The third-order valence-corrected chi connectivity index (χ3v) is 29.2. The maximum absolute atomic E-state index is 13.5. The fourth-order valence-corrected chi connectivity index (χ4v) is 23.3. The lowest BCUT2D eigenvalue weighted by atomic mass is 10.1. The summed E-state index contributed by atoms with van der Waals surface area (Å²) in [6.07, 6.45) is -4.40. The zero-order chi connectivity index (χ0) is 95.8. The fraction of sp³-hybridized carbons (Fsp3) is 0.00781. The molecule has 0 aliphatic carbocycles. The fourth-order valence-electron chi connectivity index (χ4n) is 23.3. The van der Waals surface area contributed by atoms with Crippen LogP contribution in [0.3, 0.4) is 0 Å². The minimum absolute atomic E-state index is 0.0748. The lowest BCUT2D eigenvalue weighted by molar-refractivity contribution is -0.384. The molecule has 0 saturated heterocycles. The molecule has 0 saturated carbocycles. The molecule has 13 nitrogen and oxygen atoms in total. The van der Waals surface area contributed by atoms with Gasteiger partial charge in [-0.3, -0.25) is 10.1 Å². The van der Waals surface area contributed by atoms with E-state index in [0.29, 0.717) is 11.3 Å². The molecule has 9 aromatic heterocycles. The molecule has 0 radical (unpaired) electrons. The van der Waals surface area contributed by atoms with Crippen molar-refractivity contribution in [3.8, 4) is 57.3 Å².